The summed E-state index contributed by atoms with van der Waals surface area (Å²) < 4.78 is 0. The molecule has 0 atom stereocenters. The molecule has 1 saturated heterocycles. The summed E-state index contributed by atoms with van der Waals surface area (Å²) in [4.78, 5) is 26.4. The Hall–Kier alpha value is -1.10. The van der Waals surface area contributed by atoms with Crippen LogP contribution < -0.4 is 0 Å². The fraction of sp³-hybridized carbons (Fsp3) is 0.846. The maximum Gasteiger partial charge on any atom is 0.304 e. The molecule has 18 heavy (non-hydrogen) atoms. The van der Waals surface area contributed by atoms with Crippen LogP contribution in [0.1, 0.15) is 39.0 Å². The molecule has 5 nitrogen and oxygen atoms in total. The van der Waals surface area contributed by atoms with E-state index in [9.17, 15) is 9.59 Å². The van der Waals surface area contributed by atoms with Crippen molar-refractivity contribution in [1.82, 2.24) is 9.80 Å². The van der Waals surface area contributed by atoms with Gasteiger partial charge in [0.15, 0.2) is 0 Å². The molecule has 0 radical (unpaired) electrons. The number of carbonyl (C=O) groups excluding carboxylic acids is 1. The summed E-state index contributed by atoms with van der Waals surface area (Å²) in [5, 5.41) is 8.61. The molecule has 0 aromatic rings. The van der Waals surface area contributed by atoms with Crippen LogP contribution in [0.4, 0.5) is 0 Å². The number of aliphatic carboxylic acids is 1. The number of hydrogen-bond acceptors (Lipinski definition) is 3. The molecule has 0 aromatic heterocycles. The number of piperazine rings is 1. The maximum absolute atomic E-state index is 11.9. The molecule has 0 saturated carbocycles. The van der Waals surface area contributed by atoms with E-state index in [1.54, 1.807) is 0 Å². The first-order chi connectivity index (χ1) is 8.63. The monoisotopic (exact) mass is 256 g/mol. The van der Waals surface area contributed by atoms with Crippen molar-refractivity contribution in [3.05, 3.63) is 0 Å². The molecule has 1 rings (SSSR count). The van der Waals surface area contributed by atoms with E-state index in [0.717, 1.165) is 45.4 Å². The number of rotatable bonds is 7. The highest BCUT2D eigenvalue weighted by Crippen LogP contribution is 2.07. The number of carboxylic acids is 1. The van der Waals surface area contributed by atoms with E-state index in [4.69, 9.17) is 5.11 Å². The molecule has 5 heteroatoms. The summed E-state index contributed by atoms with van der Waals surface area (Å²) in [6, 6.07) is 0. The second-order valence-corrected chi connectivity index (χ2v) is 4.82. The molecule has 0 unspecified atom stereocenters. The zero-order valence-corrected chi connectivity index (χ0v) is 11.2. The molecule has 0 bridgehead atoms. The van der Waals surface area contributed by atoms with E-state index in [1.165, 1.54) is 0 Å². The van der Waals surface area contributed by atoms with Crippen molar-refractivity contribution < 1.29 is 14.7 Å². The third kappa shape index (κ3) is 5.49. The van der Waals surface area contributed by atoms with Gasteiger partial charge in [0.1, 0.15) is 0 Å². The van der Waals surface area contributed by atoms with Gasteiger partial charge in [-0.1, -0.05) is 19.8 Å². The van der Waals surface area contributed by atoms with Crippen LogP contribution in [0.2, 0.25) is 0 Å². The number of carboxylic acid groups (broad SMARTS) is 1. The van der Waals surface area contributed by atoms with Crippen LogP contribution in [-0.4, -0.2) is 59.5 Å². The molecule has 1 aliphatic rings. The summed E-state index contributed by atoms with van der Waals surface area (Å²) in [7, 11) is 0. The largest absolute Gasteiger partial charge is 0.481 e. The van der Waals surface area contributed by atoms with E-state index in [1.807, 2.05) is 4.90 Å². The Kier molecular flexibility index (Phi) is 6.72. The minimum Gasteiger partial charge on any atom is -0.481 e. The lowest BCUT2D eigenvalue weighted by Crippen LogP contribution is -2.49. The molecule has 104 valence electrons. The van der Waals surface area contributed by atoms with E-state index in [0.29, 0.717) is 13.0 Å². The minimum atomic E-state index is -0.756. The summed E-state index contributed by atoms with van der Waals surface area (Å²) in [6.45, 7) is 5.80. The SMILES string of the molecule is CCCCCC(=O)N1CCN(CCC(=O)O)CC1. The minimum absolute atomic E-state index is 0.185. The summed E-state index contributed by atoms with van der Waals surface area (Å²) in [5.41, 5.74) is 0. The third-order valence-electron chi connectivity index (χ3n) is 3.36. The van der Waals surface area contributed by atoms with Crippen molar-refractivity contribution in [1.29, 1.82) is 0 Å². The van der Waals surface area contributed by atoms with Crippen LogP contribution in [0.3, 0.4) is 0 Å². The van der Waals surface area contributed by atoms with Crippen molar-refractivity contribution in [2.45, 2.75) is 39.0 Å². The van der Waals surface area contributed by atoms with Crippen LogP contribution in [0.15, 0.2) is 0 Å². The summed E-state index contributed by atoms with van der Waals surface area (Å²) >= 11 is 0. The second kappa shape index (κ2) is 8.08. The molecule has 1 fully saturated rings. The predicted molar refractivity (Wildman–Crippen MR) is 69.4 cm³/mol. The van der Waals surface area contributed by atoms with Crippen molar-refractivity contribution in [3.63, 3.8) is 0 Å². The second-order valence-electron chi connectivity index (χ2n) is 4.82. The lowest BCUT2D eigenvalue weighted by Gasteiger charge is -2.34. The average Bonchev–Trinajstić information content (AvgIpc) is 2.37. The lowest BCUT2D eigenvalue weighted by molar-refractivity contribution is -0.138. The van der Waals surface area contributed by atoms with Gasteiger partial charge in [0.2, 0.25) is 5.91 Å². The number of hydrogen-bond donors (Lipinski definition) is 1. The Balaban J connectivity index is 2.17. The highest BCUT2D eigenvalue weighted by Gasteiger charge is 2.20. The standard InChI is InChI=1S/C13H24N2O3/c1-2-3-4-5-12(16)15-10-8-14(9-11-15)7-6-13(17)18/h2-11H2,1H3,(H,17,18). The molecule has 0 spiro atoms. The molecular formula is C13H24N2O3. The molecule has 1 amide bonds. The van der Waals surface area contributed by atoms with Gasteiger partial charge in [-0.25, -0.2) is 0 Å². The van der Waals surface area contributed by atoms with Gasteiger partial charge in [0.05, 0.1) is 6.42 Å². The van der Waals surface area contributed by atoms with Crippen LogP contribution in [0.5, 0.6) is 0 Å². The first-order valence-corrected chi connectivity index (χ1v) is 6.85. The molecule has 1 N–H and O–H groups in total. The molecule has 1 heterocycles. The van der Waals surface area contributed by atoms with Crippen molar-refractivity contribution in [2.75, 3.05) is 32.7 Å². The zero-order valence-electron chi connectivity index (χ0n) is 11.2. The predicted octanol–water partition coefficient (Wildman–Crippen LogP) is 1.19. The van der Waals surface area contributed by atoms with Crippen LogP contribution in [0, 0.1) is 0 Å². The van der Waals surface area contributed by atoms with Gasteiger partial charge >= 0.3 is 5.97 Å². The van der Waals surface area contributed by atoms with E-state index in [2.05, 4.69) is 11.8 Å². The lowest BCUT2D eigenvalue weighted by atomic mass is 10.2. The topological polar surface area (TPSA) is 60.9 Å². The Labute approximate surface area is 109 Å². The fourth-order valence-corrected chi connectivity index (χ4v) is 2.16. The molecule has 0 aliphatic carbocycles. The number of unbranched alkanes of at least 4 members (excludes halogenated alkanes) is 2. The normalized spacial score (nSPS) is 16.8. The van der Waals surface area contributed by atoms with Gasteiger partial charge in [-0.05, 0) is 6.42 Å². The van der Waals surface area contributed by atoms with Gasteiger partial charge in [0.25, 0.3) is 0 Å². The number of amides is 1. The quantitative estimate of drug-likeness (QED) is 0.695. The van der Waals surface area contributed by atoms with Crippen molar-refractivity contribution in [3.8, 4) is 0 Å². The van der Waals surface area contributed by atoms with E-state index < -0.39 is 5.97 Å². The van der Waals surface area contributed by atoms with E-state index in [-0.39, 0.29) is 12.3 Å². The first-order valence-electron chi connectivity index (χ1n) is 6.85. The Morgan fingerprint density at radius 1 is 1.06 bits per heavy atom. The highest BCUT2D eigenvalue weighted by molar-refractivity contribution is 5.76. The van der Waals surface area contributed by atoms with Gasteiger partial charge < -0.3 is 10.0 Å². The zero-order chi connectivity index (χ0) is 13.4. The van der Waals surface area contributed by atoms with Crippen molar-refractivity contribution >= 4 is 11.9 Å². The van der Waals surface area contributed by atoms with Gasteiger partial charge in [-0.3, -0.25) is 14.5 Å². The van der Waals surface area contributed by atoms with E-state index >= 15 is 0 Å². The van der Waals surface area contributed by atoms with Gasteiger partial charge in [-0.2, -0.15) is 0 Å². The fourth-order valence-electron chi connectivity index (χ4n) is 2.16. The first kappa shape index (κ1) is 15.0. The summed E-state index contributed by atoms with van der Waals surface area (Å²) in [6.07, 6.45) is 4.07. The van der Waals surface area contributed by atoms with Crippen LogP contribution in [0.25, 0.3) is 0 Å². The number of carbonyl (C=O) groups is 2. The number of nitrogens with zero attached hydrogens (tertiary/aromatic N) is 2. The Morgan fingerprint density at radius 2 is 1.72 bits per heavy atom. The Morgan fingerprint density at radius 3 is 2.28 bits per heavy atom. The smallest absolute Gasteiger partial charge is 0.304 e. The molecule has 1 aliphatic heterocycles. The van der Waals surface area contributed by atoms with Crippen molar-refractivity contribution in [2.24, 2.45) is 0 Å². The van der Waals surface area contributed by atoms with Crippen LogP contribution in [-0.2, 0) is 9.59 Å². The third-order valence-corrected chi connectivity index (χ3v) is 3.36. The Bertz CT molecular complexity index is 273. The summed E-state index contributed by atoms with van der Waals surface area (Å²) in [5.74, 6) is -0.505. The van der Waals surface area contributed by atoms with Crippen LogP contribution >= 0.6 is 0 Å². The molecule has 0 aromatic carbocycles. The van der Waals surface area contributed by atoms with Gasteiger partial charge in [0, 0.05) is 39.1 Å². The highest BCUT2D eigenvalue weighted by atomic mass is 16.4. The average molecular weight is 256 g/mol. The molecular weight excluding hydrogens is 232 g/mol. The maximum atomic E-state index is 11.9. The van der Waals surface area contributed by atoms with Gasteiger partial charge in [-0.15, -0.1) is 0 Å².